The summed E-state index contributed by atoms with van der Waals surface area (Å²) in [6.45, 7) is 2.08. The average Bonchev–Trinajstić information content (AvgIpc) is 2.61. The van der Waals surface area contributed by atoms with E-state index in [1.165, 1.54) is 5.56 Å². The lowest BCUT2D eigenvalue weighted by Crippen LogP contribution is -2.32. The fourth-order valence-corrected chi connectivity index (χ4v) is 1.69. The molecule has 0 saturated heterocycles. The summed E-state index contributed by atoms with van der Waals surface area (Å²) in [7, 11) is 5.92. The Morgan fingerprint density at radius 1 is 1.12 bits per heavy atom. The van der Waals surface area contributed by atoms with E-state index in [-0.39, 0.29) is 0 Å². The maximum absolute atomic E-state index is 5.79. The van der Waals surface area contributed by atoms with E-state index in [9.17, 15) is 0 Å². The summed E-state index contributed by atoms with van der Waals surface area (Å²) in [6, 6.07) is 9.18. The van der Waals surface area contributed by atoms with Crippen molar-refractivity contribution in [3.63, 3.8) is 0 Å². The molecule has 2 rings (SSSR count). The zero-order valence-corrected chi connectivity index (χ0v) is 10.2. The molecule has 0 bridgehead atoms. The number of nitrogens with zero attached hydrogens (tertiary/aromatic N) is 2. The molecule has 1 aromatic heterocycles. The van der Waals surface area contributed by atoms with Gasteiger partial charge in [-0.2, -0.15) is 4.57 Å². The number of aromatic nitrogens is 1. The monoisotopic (exact) mass is 217 g/mol. The Balaban J connectivity index is 2.41. The molecule has 16 heavy (non-hydrogen) atoms. The van der Waals surface area contributed by atoms with Crippen molar-refractivity contribution in [3.05, 3.63) is 36.0 Å². The molecule has 2 aromatic rings. The second-order valence-corrected chi connectivity index (χ2v) is 4.25. The van der Waals surface area contributed by atoms with Crippen molar-refractivity contribution < 1.29 is 8.98 Å². The number of benzene rings is 1. The van der Waals surface area contributed by atoms with Crippen LogP contribution in [0.5, 0.6) is 0 Å². The summed E-state index contributed by atoms with van der Waals surface area (Å²) in [4.78, 5) is 1.96. The Morgan fingerprint density at radius 3 is 2.25 bits per heavy atom. The molecule has 0 atom stereocenters. The van der Waals surface area contributed by atoms with Gasteiger partial charge in [0.1, 0.15) is 6.20 Å². The van der Waals surface area contributed by atoms with Crippen LogP contribution in [-0.2, 0) is 7.05 Å². The smallest absolute Gasteiger partial charge is 0.387 e. The normalized spacial score (nSPS) is 10.5. The number of aryl methyl sites for hydroxylation is 2. The SMILES string of the molecule is Cc1ccc(-c2c[n+](C)c(N(C)C)o2)cc1. The van der Waals surface area contributed by atoms with Crippen LogP contribution in [0.4, 0.5) is 6.01 Å². The van der Waals surface area contributed by atoms with Gasteiger partial charge >= 0.3 is 6.01 Å². The highest BCUT2D eigenvalue weighted by Gasteiger charge is 2.17. The minimum Gasteiger partial charge on any atom is -0.387 e. The summed E-state index contributed by atoms with van der Waals surface area (Å²) in [5, 5.41) is 0. The van der Waals surface area contributed by atoms with E-state index in [0.29, 0.717) is 0 Å². The molecule has 0 N–H and O–H groups in total. The molecule has 0 amide bonds. The number of hydrogen-bond acceptors (Lipinski definition) is 2. The highest BCUT2D eigenvalue weighted by atomic mass is 16.4. The molecule has 0 spiro atoms. The van der Waals surface area contributed by atoms with E-state index in [1.807, 2.05) is 36.8 Å². The van der Waals surface area contributed by atoms with Crippen LogP contribution in [0, 0.1) is 6.92 Å². The van der Waals surface area contributed by atoms with E-state index in [0.717, 1.165) is 17.3 Å². The number of hydrogen-bond donors (Lipinski definition) is 0. The zero-order chi connectivity index (χ0) is 11.7. The van der Waals surface area contributed by atoms with Crippen LogP contribution in [0.3, 0.4) is 0 Å². The van der Waals surface area contributed by atoms with Crippen molar-refractivity contribution in [2.24, 2.45) is 7.05 Å². The lowest BCUT2D eigenvalue weighted by Gasteiger charge is -1.99. The third-order valence-corrected chi connectivity index (χ3v) is 2.53. The van der Waals surface area contributed by atoms with Crippen LogP contribution in [-0.4, -0.2) is 14.1 Å². The predicted molar refractivity (Wildman–Crippen MR) is 64.4 cm³/mol. The highest BCUT2D eigenvalue weighted by molar-refractivity contribution is 5.56. The van der Waals surface area contributed by atoms with Crippen LogP contribution in [0.1, 0.15) is 5.56 Å². The third kappa shape index (κ3) is 1.94. The summed E-state index contributed by atoms with van der Waals surface area (Å²) in [5.41, 5.74) is 2.36. The molecule has 0 aliphatic rings. The van der Waals surface area contributed by atoms with E-state index >= 15 is 0 Å². The quantitative estimate of drug-likeness (QED) is 0.718. The molecule has 1 aromatic carbocycles. The Labute approximate surface area is 95.9 Å². The molecule has 0 radical (unpaired) electrons. The topological polar surface area (TPSA) is 20.3 Å². The van der Waals surface area contributed by atoms with Gasteiger partial charge in [-0.05, 0) is 6.92 Å². The third-order valence-electron chi connectivity index (χ3n) is 2.53. The van der Waals surface area contributed by atoms with Crippen molar-refractivity contribution in [2.45, 2.75) is 6.92 Å². The molecule has 84 valence electrons. The van der Waals surface area contributed by atoms with E-state index in [4.69, 9.17) is 4.42 Å². The first-order valence-electron chi connectivity index (χ1n) is 5.32. The average molecular weight is 217 g/mol. The first-order chi connectivity index (χ1) is 7.58. The van der Waals surface area contributed by atoms with Crippen molar-refractivity contribution in [2.75, 3.05) is 19.0 Å². The van der Waals surface area contributed by atoms with Gasteiger partial charge in [0.05, 0.1) is 21.1 Å². The van der Waals surface area contributed by atoms with Gasteiger partial charge in [0.15, 0.2) is 5.76 Å². The van der Waals surface area contributed by atoms with E-state index < -0.39 is 0 Å². The standard InChI is InChI=1S/C13H17N2O/c1-10-5-7-11(8-6-10)12-9-15(4)13(16-12)14(2)3/h5-9H,1-4H3/q+1. The van der Waals surface area contributed by atoms with Crippen LogP contribution >= 0.6 is 0 Å². The van der Waals surface area contributed by atoms with Crippen LogP contribution < -0.4 is 9.47 Å². The molecule has 0 fully saturated rings. The number of rotatable bonds is 2. The molecule has 0 aliphatic carbocycles. The fraction of sp³-hybridized carbons (Fsp3) is 0.308. The molecular formula is C13H17N2O+. The van der Waals surface area contributed by atoms with E-state index in [1.54, 1.807) is 0 Å². The molecule has 0 aliphatic heterocycles. The maximum atomic E-state index is 5.79. The van der Waals surface area contributed by atoms with Crippen molar-refractivity contribution in [3.8, 4) is 11.3 Å². The lowest BCUT2D eigenvalue weighted by atomic mass is 10.1. The van der Waals surface area contributed by atoms with Crippen LogP contribution in [0.2, 0.25) is 0 Å². The maximum Gasteiger partial charge on any atom is 0.456 e. The second-order valence-electron chi connectivity index (χ2n) is 4.25. The van der Waals surface area contributed by atoms with Crippen LogP contribution in [0.15, 0.2) is 34.9 Å². The molecule has 3 heteroatoms. The Morgan fingerprint density at radius 2 is 1.75 bits per heavy atom. The zero-order valence-electron chi connectivity index (χ0n) is 10.2. The molecule has 0 unspecified atom stereocenters. The van der Waals surface area contributed by atoms with Gasteiger partial charge < -0.3 is 4.42 Å². The largest absolute Gasteiger partial charge is 0.456 e. The minimum absolute atomic E-state index is 0.843. The predicted octanol–water partition coefficient (Wildman–Crippen LogP) is 2.15. The summed E-state index contributed by atoms with van der Waals surface area (Å²) < 4.78 is 7.77. The summed E-state index contributed by atoms with van der Waals surface area (Å²) in [6.07, 6.45) is 2.00. The van der Waals surface area contributed by atoms with Crippen molar-refractivity contribution in [1.82, 2.24) is 0 Å². The van der Waals surface area contributed by atoms with E-state index in [2.05, 4.69) is 31.2 Å². The fourth-order valence-electron chi connectivity index (χ4n) is 1.69. The van der Waals surface area contributed by atoms with Gasteiger partial charge in [-0.3, -0.25) is 0 Å². The van der Waals surface area contributed by atoms with Gasteiger partial charge in [-0.15, -0.1) is 0 Å². The first-order valence-corrected chi connectivity index (χ1v) is 5.32. The number of anilines is 1. The van der Waals surface area contributed by atoms with Gasteiger partial charge in [0.25, 0.3) is 0 Å². The first kappa shape index (κ1) is 10.7. The summed E-state index contributed by atoms with van der Waals surface area (Å²) >= 11 is 0. The Hall–Kier alpha value is -1.77. The molecule has 3 nitrogen and oxygen atoms in total. The highest BCUT2D eigenvalue weighted by Crippen LogP contribution is 2.22. The Bertz CT molecular complexity index is 483. The molecule has 0 saturated carbocycles. The van der Waals surface area contributed by atoms with Gasteiger partial charge in [-0.25, -0.2) is 4.90 Å². The Kier molecular flexibility index (Phi) is 2.69. The molecular weight excluding hydrogens is 200 g/mol. The van der Waals surface area contributed by atoms with Crippen molar-refractivity contribution >= 4 is 6.01 Å². The van der Waals surface area contributed by atoms with Gasteiger partial charge in [0.2, 0.25) is 0 Å². The van der Waals surface area contributed by atoms with Crippen LogP contribution in [0.25, 0.3) is 11.3 Å². The van der Waals surface area contributed by atoms with Gasteiger partial charge in [-0.1, -0.05) is 29.8 Å². The second kappa shape index (κ2) is 4.00. The van der Waals surface area contributed by atoms with Gasteiger partial charge in [0, 0.05) is 5.56 Å². The number of oxazole rings is 1. The minimum atomic E-state index is 0.843. The summed E-state index contributed by atoms with van der Waals surface area (Å²) in [5.74, 6) is 0.895. The molecule has 1 heterocycles. The van der Waals surface area contributed by atoms with Crippen molar-refractivity contribution in [1.29, 1.82) is 0 Å². The lowest BCUT2D eigenvalue weighted by molar-refractivity contribution is -0.660.